The largest absolute Gasteiger partial charge is 0.346 e. The summed E-state index contributed by atoms with van der Waals surface area (Å²) >= 11 is 0. The van der Waals surface area contributed by atoms with Crippen molar-refractivity contribution in [1.29, 1.82) is 0 Å². The standard InChI is InChI=1S/C22H23N3O/c1-16(19-10-6-4-7-11-19)23-22(26)15-14-21-17(2)24-25(18(21)3)20-12-8-5-9-13-20/h4-16H,1-3H3,(H,23,26)/b15-14+. The molecule has 0 aliphatic heterocycles. The van der Waals surface area contributed by atoms with Crippen LogP contribution in [-0.4, -0.2) is 15.7 Å². The van der Waals surface area contributed by atoms with E-state index in [0.717, 1.165) is 28.2 Å². The minimum absolute atomic E-state index is 0.0393. The van der Waals surface area contributed by atoms with Gasteiger partial charge in [-0.3, -0.25) is 4.79 Å². The normalized spacial score (nSPS) is 12.3. The van der Waals surface area contributed by atoms with Crippen molar-refractivity contribution < 1.29 is 4.79 Å². The molecule has 1 unspecified atom stereocenters. The number of para-hydroxylation sites is 1. The summed E-state index contributed by atoms with van der Waals surface area (Å²) < 4.78 is 1.90. The van der Waals surface area contributed by atoms with E-state index in [1.165, 1.54) is 0 Å². The van der Waals surface area contributed by atoms with Gasteiger partial charge in [-0.05, 0) is 44.5 Å². The van der Waals surface area contributed by atoms with Gasteiger partial charge in [-0.1, -0.05) is 48.5 Å². The van der Waals surface area contributed by atoms with Crippen LogP contribution in [0.25, 0.3) is 11.8 Å². The van der Waals surface area contributed by atoms with E-state index in [2.05, 4.69) is 10.4 Å². The van der Waals surface area contributed by atoms with Crippen LogP contribution in [0, 0.1) is 13.8 Å². The predicted octanol–water partition coefficient (Wildman–Crippen LogP) is 4.38. The Balaban J connectivity index is 1.74. The molecule has 0 aliphatic carbocycles. The van der Waals surface area contributed by atoms with E-state index in [4.69, 9.17) is 0 Å². The van der Waals surface area contributed by atoms with Crippen LogP contribution >= 0.6 is 0 Å². The SMILES string of the molecule is Cc1nn(-c2ccccc2)c(C)c1/C=C/C(=O)NC(C)c1ccccc1. The Bertz CT molecular complexity index is 911. The molecule has 1 N–H and O–H groups in total. The zero-order valence-electron chi connectivity index (χ0n) is 15.3. The monoisotopic (exact) mass is 345 g/mol. The Hall–Kier alpha value is -3.14. The lowest BCUT2D eigenvalue weighted by molar-refractivity contribution is -0.117. The highest BCUT2D eigenvalue weighted by Gasteiger charge is 2.11. The average molecular weight is 345 g/mol. The first-order valence-electron chi connectivity index (χ1n) is 8.71. The number of amides is 1. The zero-order chi connectivity index (χ0) is 18.5. The molecule has 0 aliphatic rings. The smallest absolute Gasteiger partial charge is 0.244 e. The van der Waals surface area contributed by atoms with Crippen molar-refractivity contribution in [3.63, 3.8) is 0 Å². The van der Waals surface area contributed by atoms with Crippen molar-refractivity contribution in [2.24, 2.45) is 0 Å². The van der Waals surface area contributed by atoms with Crippen molar-refractivity contribution in [2.75, 3.05) is 0 Å². The van der Waals surface area contributed by atoms with Crippen molar-refractivity contribution in [3.8, 4) is 5.69 Å². The van der Waals surface area contributed by atoms with E-state index in [0.29, 0.717) is 0 Å². The third-order valence-electron chi connectivity index (χ3n) is 4.41. The molecule has 0 bridgehead atoms. The second-order valence-electron chi connectivity index (χ2n) is 6.31. The summed E-state index contributed by atoms with van der Waals surface area (Å²) in [5.74, 6) is -0.118. The van der Waals surface area contributed by atoms with Crippen molar-refractivity contribution in [3.05, 3.63) is 89.3 Å². The molecular formula is C22H23N3O. The molecule has 1 heterocycles. The number of nitrogens with zero attached hydrogens (tertiary/aromatic N) is 2. The Kier molecular flexibility index (Phi) is 5.32. The van der Waals surface area contributed by atoms with E-state index >= 15 is 0 Å². The number of carbonyl (C=O) groups is 1. The molecule has 4 nitrogen and oxygen atoms in total. The molecule has 0 saturated carbocycles. The Morgan fingerprint density at radius 3 is 2.31 bits per heavy atom. The van der Waals surface area contributed by atoms with Crippen LogP contribution < -0.4 is 5.32 Å². The second-order valence-corrected chi connectivity index (χ2v) is 6.31. The molecule has 3 rings (SSSR count). The summed E-state index contributed by atoms with van der Waals surface area (Å²) in [4.78, 5) is 12.3. The highest BCUT2D eigenvalue weighted by atomic mass is 16.1. The van der Waals surface area contributed by atoms with Gasteiger partial charge in [-0.15, -0.1) is 0 Å². The van der Waals surface area contributed by atoms with Gasteiger partial charge in [0, 0.05) is 17.3 Å². The van der Waals surface area contributed by atoms with Crippen LogP contribution in [0.5, 0.6) is 0 Å². The third-order valence-corrected chi connectivity index (χ3v) is 4.41. The maximum atomic E-state index is 12.3. The molecule has 0 saturated heterocycles. The lowest BCUT2D eigenvalue weighted by atomic mass is 10.1. The van der Waals surface area contributed by atoms with E-state index in [-0.39, 0.29) is 11.9 Å². The van der Waals surface area contributed by atoms with Gasteiger partial charge in [0.2, 0.25) is 5.91 Å². The summed E-state index contributed by atoms with van der Waals surface area (Å²) in [5, 5.41) is 7.59. The van der Waals surface area contributed by atoms with Crippen molar-refractivity contribution in [1.82, 2.24) is 15.1 Å². The Morgan fingerprint density at radius 2 is 1.65 bits per heavy atom. The maximum Gasteiger partial charge on any atom is 0.244 e. The molecule has 1 amide bonds. The van der Waals surface area contributed by atoms with Crippen molar-refractivity contribution >= 4 is 12.0 Å². The maximum absolute atomic E-state index is 12.3. The van der Waals surface area contributed by atoms with Gasteiger partial charge in [0.25, 0.3) is 0 Å². The fraction of sp³-hybridized carbons (Fsp3) is 0.182. The fourth-order valence-corrected chi connectivity index (χ4v) is 2.96. The van der Waals surface area contributed by atoms with Crippen LogP contribution in [-0.2, 0) is 4.79 Å². The number of rotatable bonds is 5. The molecule has 1 atom stereocenters. The zero-order valence-corrected chi connectivity index (χ0v) is 15.3. The lowest BCUT2D eigenvalue weighted by Gasteiger charge is -2.12. The molecule has 4 heteroatoms. The van der Waals surface area contributed by atoms with E-state index < -0.39 is 0 Å². The van der Waals surface area contributed by atoms with Crippen LogP contribution in [0.3, 0.4) is 0 Å². The average Bonchev–Trinajstić information content (AvgIpc) is 2.95. The van der Waals surface area contributed by atoms with Crippen LogP contribution in [0.15, 0.2) is 66.7 Å². The van der Waals surface area contributed by atoms with E-state index in [9.17, 15) is 4.79 Å². The summed E-state index contributed by atoms with van der Waals surface area (Å²) in [5.41, 5.74) is 4.96. The van der Waals surface area contributed by atoms with Crippen LogP contribution in [0.2, 0.25) is 0 Å². The number of hydrogen-bond donors (Lipinski definition) is 1. The first kappa shape index (κ1) is 17.7. The molecule has 132 valence electrons. The van der Waals surface area contributed by atoms with Gasteiger partial charge < -0.3 is 5.32 Å². The summed E-state index contributed by atoms with van der Waals surface area (Å²) in [7, 11) is 0. The molecule has 3 aromatic rings. The highest BCUT2D eigenvalue weighted by molar-refractivity contribution is 5.92. The number of carbonyl (C=O) groups excluding carboxylic acids is 1. The number of nitrogens with one attached hydrogen (secondary N) is 1. The second kappa shape index (κ2) is 7.83. The molecule has 0 radical (unpaired) electrons. The molecular weight excluding hydrogens is 322 g/mol. The first-order valence-corrected chi connectivity index (χ1v) is 8.71. The fourth-order valence-electron chi connectivity index (χ4n) is 2.96. The number of aromatic nitrogens is 2. The number of hydrogen-bond acceptors (Lipinski definition) is 2. The quantitative estimate of drug-likeness (QED) is 0.698. The van der Waals surface area contributed by atoms with Crippen molar-refractivity contribution in [2.45, 2.75) is 26.8 Å². The Labute approximate surface area is 154 Å². The van der Waals surface area contributed by atoms with Gasteiger partial charge in [0.15, 0.2) is 0 Å². The molecule has 0 spiro atoms. The first-order chi connectivity index (χ1) is 12.6. The Morgan fingerprint density at radius 1 is 1.04 bits per heavy atom. The molecule has 26 heavy (non-hydrogen) atoms. The van der Waals surface area contributed by atoms with Gasteiger partial charge in [-0.2, -0.15) is 5.10 Å². The number of benzene rings is 2. The topological polar surface area (TPSA) is 46.9 Å². The predicted molar refractivity (Wildman–Crippen MR) is 105 cm³/mol. The van der Waals surface area contributed by atoms with Gasteiger partial charge in [0.05, 0.1) is 17.4 Å². The van der Waals surface area contributed by atoms with Crippen LogP contribution in [0.1, 0.15) is 35.5 Å². The highest BCUT2D eigenvalue weighted by Crippen LogP contribution is 2.19. The summed E-state index contributed by atoms with van der Waals surface area (Å²) in [6, 6.07) is 19.9. The van der Waals surface area contributed by atoms with E-state index in [1.54, 1.807) is 6.08 Å². The van der Waals surface area contributed by atoms with Gasteiger partial charge in [0.1, 0.15) is 0 Å². The summed E-state index contributed by atoms with van der Waals surface area (Å²) in [6.07, 6.45) is 3.41. The van der Waals surface area contributed by atoms with Crippen LogP contribution in [0.4, 0.5) is 0 Å². The minimum atomic E-state index is -0.118. The van der Waals surface area contributed by atoms with Gasteiger partial charge >= 0.3 is 0 Å². The molecule has 0 fully saturated rings. The molecule has 1 aromatic heterocycles. The third kappa shape index (κ3) is 3.91. The number of aryl methyl sites for hydroxylation is 1. The summed E-state index contributed by atoms with van der Waals surface area (Å²) in [6.45, 7) is 5.94. The van der Waals surface area contributed by atoms with Gasteiger partial charge in [-0.25, -0.2) is 4.68 Å². The lowest BCUT2D eigenvalue weighted by Crippen LogP contribution is -2.24. The molecule has 2 aromatic carbocycles. The minimum Gasteiger partial charge on any atom is -0.346 e. The van der Waals surface area contributed by atoms with E-state index in [1.807, 2.05) is 92.2 Å².